The van der Waals surface area contributed by atoms with E-state index in [4.69, 9.17) is 0 Å². The van der Waals surface area contributed by atoms with Crippen LogP contribution in [-0.2, 0) is 4.79 Å². The van der Waals surface area contributed by atoms with Crippen LogP contribution in [0.1, 0.15) is 26.7 Å². The minimum atomic E-state index is -0.790. The Morgan fingerprint density at radius 3 is 2.77 bits per heavy atom. The standard InChI is InChI=1S/C10H16FNO/c1-6-3-7(2)10(13)12-5-8(11)4-9(6)12/h6-9H,3-5H2,1-2H3/t6?,7?,8?,9-/m0/s1. The number of hydrogen-bond acceptors (Lipinski definition) is 1. The summed E-state index contributed by atoms with van der Waals surface area (Å²) in [6, 6.07) is 0.179. The van der Waals surface area contributed by atoms with Gasteiger partial charge in [0.1, 0.15) is 6.17 Å². The molecule has 4 atom stereocenters. The van der Waals surface area contributed by atoms with Crippen molar-refractivity contribution in [2.75, 3.05) is 6.54 Å². The quantitative estimate of drug-likeness (QED) is 0.561. The maximum atomic E-state index is 13.1. The Bertz CT molecular complexity index is 231. The third kappa shape index (κ3) is 1.34. The Balaban J connectivity index is 2.18. The summed E-state index contributed by atoms with van der Waals surface area (Å²) in [5.74, 6) is 0.716. The molecule has 0 bridgehead atoms. The van der Waals surface area contributed by atoms with Crippen LogP contribution in [0.4, 0.5) is 4.39 Å². The topological polar surface area (TPSA) is 20.3 Å². The molecule has 2 nitrogen and oxygen atoms in total. The van der Waals surface area contributed by atoms with Crippen LogP contribution < -0.4 is 0 Å². The number of carbonyl (C=O) groups is 1. The number of amides is 1. The summed E-state index contributed by atoms with van der Waals surface area (Å²) in [5, 5.41) is 0. The van der Waals surface area contributed by atoms with Gasteiger partial charge >= 0.3 is 0 Å². The molecule has 0 aromatic carbocycles. The number of carbonyl (C=O) groups excluding carboxylic acids is 1. The number of nitrogens with zero attached hydrogens (tertiary/aromatic N) is 1. The van der Waals surface area contributed by atoms with Crippen molar-refractivity contribution in [3.8, 4) is 0 Å². The van der Waals surface area contributed by atoms with Crippen molar-refractivity contribution >= 4 is 5.91 Å². The van der Waals surface area contributed by atoms with Crippen molar-refractivity contribution in [2.24, 2.45) is 11.8 Å². The van der Waals surface area contributed by atoms with Gasteiger partial charge in [0.15, 0.2) is 0 Å². The third-order valence-corrected chi connectivity index (χ3v) is 3.38. The van der Waals surface area contributed by atoms with Crippen LogP contribution >= 0.6 is 0 Å². The molecular formula is C10H16FNO. The van der Waals surface area contributed by atoms with E-state index >= 15 is 0 Å². The molecule has 2 saturated heterocycles. The second kappa shape index (κ2) is 2.96. The maximum Gasteiger partial charge on any atom is 0.225 e. The Labute approximate surface area is 78.1 Å². The van der Waals surface area contributed by atoms with Gasteiger partial charge in [-0.2, -0.15) is 0 Å². The molecule has 1 amide bonds. The molecule has 0 aliphatic carbocycles. The molecular weight excluding hydrogens is 169 g/mol. The zero-order valence-corrected chi connectivity index (χ0v) is 8.16. The summed E-state index contributed by atoms with van der Waals surface area (Å²) in [4.78, 5) is 13.4. The van der Waals surface area contributed by atoms with Crippen molar-refractivity contribution in [1.29, 1.82) is 0 Å². The summed E-state index contributed by atoms with van der Waals surface area (Å²) >= 11 is 0. The molecule has 2 aliphatic rings. The Hall–Kier alpha value is -0.600. The summed E-state index contributed by atoms with van der Waals surface area (Å²) in [6.45, 7) is 4.40. The van der Waals surface area contributed by atoms with Gasteiger partial charge in [0.05, 0.1) is 6.54 Å². The maximum absolute atomic E-state index is 13.1. The lowest BCUT2D eigenvalue weighted by atomic mass is 9.85. The predicted molar refractivity (Wildman–Crippen MR) is 48.0 cm³/mol. The smallest absolute Gasteiger partial charge is 0.225 e. The van der Waals surface area contributed by atoms with Gasteiger partial charge in [-0.1, -0.05) is 13.8 Å². The monoisotopic (exact) mass is 185 g/mol. The SMILES string of the molecule is CC1CC(C)[C@@H]2CC(F)CN2C1=O. The first-order valence-corrected chi connectivity index (χ1v) is 5.04. The first-order chi connectivity index (χ1) is 6.09. The molecule has 0 spiro atoms. The molecule has 2 rings (SSSR count). The third-order valence-electron chi connectivity index (χ3n) is 3.38. The van der Waals surface area contributed by atoms with Crippen LogP contribution in [0, 0.1) is 11.8 Å². The van der Waals surface area contributed by atoms with E-state index < -0.39 is 6.17 Å². The van der Waals surface area contributed by atoms with E-state index in [9.17, 15) is 9.18 Å². The van der Waals surface area contributed by atoms with Gasteiger partial charge in [-0.05, 0) is 12.3 Å². The van der Waals surface area contributed by atoms with Gasteiger partial charge in [-0.25, -0.2) is 4.39 Å². The zero-order chi connectivity index (χ0) is 9.59. The number of hydrogen-bond donors (Lipinski definition) is 0. The van der Waals surface area contributed by atoms with E-state index in [-0.39, 0.29) is 17.9 Å². The van der Waals surface area contributed by atoms with Gasteiger partial charge in [0.2, 0.25) is 5.91 Å². The van der Waals surface area contributed by atoms with Crippen molar-refractivity contribution in [3.63, 3.8) is 0 Å². The Morgan fingerprint density at radius 1 is 1.38 bits per heavy atom. The van der Waals surface area contributed by atoms with E-state index in [2.05, 4.69) is 6.92 Å². The predicted octanol–water partition coefficient (Wildman–Crippen LogP) is 1.60. The Morgan fingerprint density at radius 2 is 2.08 bits per heavy atom. The number of alkyl halides is 1. The molecule has 74 valence electrons. The first kappa shape index (κ1) is 8.97. The van der Waals surface area contributed by atoms with Gasteiger partial charge in [-0.15, -0.1) is 0 Å². The van der Waals surface area contributed by atoms with Gasteiger partial charge in [0, 0.05) is 18.4 Å². The molecule has 3 unspecified atom stereocenters. The summed E-state index contributed by atoms with van der Waals surface area (Å²) in [5.41, 5.74) is 0. The highest BCUT2D eigenvalue weighted by atomic mass is 19.1. The van der Waals surface area contributed by atoms with E-state index in [1.54, 1.807) is 4.90 Å². The van der Waals surface area contributed by atoms with Crippen LogP contribution in [-0.4, -0.2) is 29.6 Å². The van der Waals surface area contributed by atoms with Gasteiger partial charge in [0.25, 0.3) is 0 Å². The summed E-state index contributed by atoms with van der Waals surface area (Å²) in [6.07, 6.45) is 0.688. The highest BCUT2D eigenvalue weighted by molar-refractivity contribution is 5.80. The molecule has 2 aliphatic heterocycles. The molecule has 3 heteroatoms. The van der Waals surface area contributed by atoms with Gasteiger partial charge in [-0.3, -0.25) is 4.79 Å². The van der Waals surface area contributed by atoms with Crippen molar-refractivity contribution in [3.05, 3.63) is 0 Å². The number of halogens is 1. The number of piperidine rings is 1. The summed E-state index contributed by atoms with van der Waals surface area (Å²) in [7, 11) is 0. The minimum Gasteiger partial charge on any atom is -0.336 e. The van der Waals surface area contributed by atoms with Crippen LogP contribution in [0.15, 0.2) is 0 Å². The minimum absolute atomic E-state index is 0.0940. The molecule has 2 fully saturated rings. The fourth-order valence-corrected chi connectivity index (χ4v) is 2.70. The lowest BCUT2D eigenvalue weighted by Gasteiger charge is -2.37. The average molecular weight is 185 g/mol. The molecule has 13 heavy (non-hydrogen) atoms. The fourth-order valence-electron chi connectivity index (χ4n) is 2.70. The molecule has 0 aromatic heterocycles. The van der Waals surface area contributed by atoms with E-state index in [1.807, 2.05) is 6.92 Å². The normalized spacial score (nSPS) is 45.2. The van der Waals surface area contributed by atoms with E-state index in [0.29, 0.717) is 18.9 Å². The van der Waals surface area contributed by atoms with E-state index in [1.165, 1.54) is 0 Å². The van der Waals surface area contributed by atoms with Gasteiger partial charge < -0.3 is 4.90 Å². The largest absolute Gasteiger partial charge is 0.336 e. The van der Waals surface area contributed by atoms with Crippen LogP contribution in [0.2, 0.25) is 0 Å². The second-order valence-electron chi connectivity index (χ2n) is 4.50. The second-order valence-corrected chi connectivity index (χ2v) is 4.50. The number of rotatable bonds is 0. The zero-order valence-electron chi connectivity index (χ0n) is 8.16. The van der Waals surface area contributed by atoms with Crippen LogP contribution in [0.5, 0.6) is 0 Å². The van der Waals surface area contributed by atoms with Crippen LogP contribution in [0.3, 0.4) is 0 Å². The molecule has 0 aromatic rings. The molecule has 0 saturated carbocycles. The van der Waals surface area contributed by atoms with E-state index in [0.717, 1.165) is 6.42 Å². The lowest BCUT2D eigenvalue weighted by molar-refractivity contribution is -0.141. The first-order valence-electron chi connectivity index (χ1n) is 5.04. The molecule has 0 N–H and O–H groups in total. The fraction of sp³-hybridized carbons (Fsp3) is 0.900. The molecule has 2 heterocycles. The van der Waals surface area contributed by atoms with Crippen molar-refractivity contribution < 1.29 is 9.18 Å². The highest BCUT2D eigenvalue weighted by Crippen LogP contribution is 2.35. The molecule has 0 radical (unpaired) electrons. The Kier molecular flexibility index (Phi) is 2.05. The lowest BCUT2D eigenvalue weighted by Crippen LogP contribution is -2.47. The highest BCUT2D eigenvalue weighted by Gasteiger charge is 2.43. The van der Waals surface area contributed by atoms with Crippen LogP contribution in [0.25, 0.3) is 0 Å². The van der Waals surface area contributed by atoms with Crippen molar-refractivity contribution in [2.45, 2.75) is 38.9 Å². The summed E-state index contributed by atoms with van der Waals surface area (Å²) < 4.78 is 13.1. The average Bonchev–Trinajstić information content (AvgIpc) is 2.44. The van der Waals surface area contributed by atoms with Crippen molar-refractivity contribution in [1.82, 2.24) is 4.90 Å². The number of fused-ring (bicyclic) bond motifs is 1.